The van der Waals surface area contributed by atoms with E-state index in [4.69, 9.17) is 0 Å². The molecule has 0 aromatic heterocycles. The largest absolute Gasteiger partial charge is 0.364 e. The summed E-state index contributed by atoms with van der Waals surface area (Å²) in [6.45, 7) is 19.3. The van der Waals surface area contributed by atoms with Crippen molar-refractivity contribution in [3.8, 4) is 0 Å². The summed E-state index contributed by atoms with van der Waals surface area (Å²) in [6, 6.07) is 0. The highest BCUT2D eigenvalue weighted by Crippen LogP contribution is 2.17. The Morgan fingerprint density at radius 3 is 1.56 bits per heavy atom. The number of nitrogens with zero attached hydrogens (tertiary/aromatic N) is 2. The predicted molar refractivity (Wildman–Crippen MR) is 76.5 cm³/mol. The topological polar surface area (TPSA) is 18.5 Å². The van der Waals surface area contributed by atoms with Crippen molar-refractivity contribution >= 4 is 10.2 Å². The van der Waals surface area contributed by atoms with Gasteiger partial charge in [-0.2, -0.15) is 0 Å². The highest BCUT2D eigenvalue weighted by molar-refractivity contribution is 6.20. The van der Waals surface area contributed by atoms with Gasteiger partial charge >= 0.3 is 0 Å². The van der Waals surface area contributed by atoms with E-state index in [-0.39, 0.29) is 5.79 Å². The molecule has 0 radical (unpaired) electrons. The molecule has 4 heteroatoms. The molecule has 0 saturated carbocycles. The Morgan fingerprint density at radius 1 is 1.06 bits per heavy atom. The first-order valence-corrected chi connectivity index (χ1v) is 7.39. The monoisotopic (exact) mass is 243 g/mol. The fraction of sp³-hybridized carbons (Fsp3) is 0.833. The van der Waals surface area contributed by atoms with Crippen LogP contribution >= 0.6 is 0 Å². The maximum absolute atomic E-state index is 4.04. The zero-order valence-electron chi connectivity index (χ0n) is 11.9. The Kier molecular flexibility index (Phi) is 6.95. The SMILES string of the molecule is C=C([SiH3])NC(C)(N(CC)CC)N(CC)CC. The highest BCUT2D eigenvalue weighted by Gasteiger charge is 2.34. The summed E-state index contributed by atoms with van der Waals surface area (Å²) in [4.78, 5) is 4.89. The van der Waals surface area contributed by atoms with Crippen molar-refractivity contribution in [1.82, 2.24) is 15.1 Å². The highest BCUT2D eigenvalue weighted by atomic mass is 28.1. The predicted octanol–water partition coefficient (Wildman–Crippen LogP) is 0.770. The van der Waals surface area contributed by atoms with E-state index in [0.717, 1.165) is 41.7 Å². The van der Waals surface area contributed by atoms with Crippen LogP contribution in [0.1, 0.15) is 34.6 Å². The number of hydrogen-bond donors (Lipinski definition) is 1. The summed E-state index contributed by atoms with van der Waals surface area (Å²) in [5.41, 5.74) is 0. The zero-order chi connectivity index (χ0) is 12.8. The molecule has 0 heterocycles. The van der Waals surface area contributed by atoms with Crippen molar-refractivity contribution in [3.05, 3.63) is 11.9 Å². The van der Waals surface area contributed by atoms with Gasteiger partial charge in [0, 0.05) is 0 Å². The van der Waals surface area contributed by atoms with Gasteiger partial charge in [-0.05, 0) is 38.4 Å². The van der Waals surface area contributed by atoms with Crippen LogP contribution in [-0.4, -0.2) is 52.0 Å². The van der Waals surface area contributed by atoms with Gasteiger partial charge in [0.15, 0.2) is 0 Å². The fourth-order valence-corrected chi connectivity index (χ4v) is 2.91. The normalized spacial score (nSPS) is 12.4. The molecule has 0 rings (SSSR count). The van der Waals surface area contributed by atoms with Crippen LogP contribution in [0, 0.1) is 0 Å². The summed E-state index contributed by atoms with van der Waals surface area (Å²) in [5.74, 6) is -0.0914. The summed E-state index contributed by atoms with van der Waals surface area (Å²) in [6.07, 6.45) is 0. The Bertz CT molecular complexity index is 198. The second-order valence-corrected chi connectivity index (χ2v) is 5.48. The van der Waals surface area contributed by atoms with Crippen LogP contribution in [-0.2, 0) is 0 Å². The van der Waals surface area contributed by atoms with Gasteiger partial charge in [-0.15, -0.1) is 0 Å². The van der Waals surface area contributed by atoms with E-state index in [0.29, 0.717) is 0 Å². The van der Waals surface area contributed by atoms with E-state index in [1.807, 2.05) is 0 Å². The average Bonchev–Trinajstić information content (AvgIpc) is 2.19. The van der Waals surface area contributed by atoms with E-state index in [1.165, 1.54) is 0 Å². The molecule has 0 aliphatic carbocycles. The first-order valence-electron chi connectivity index (χ1n) is 6.39. The number of hydrogen-bond acceptors (Lipinski definition) is 3. The van der Waals surface area contributed by atoms with E-state index in [9.17, 15) is 0 Å². The minimum atomic E-state index is -0.0914. The standard InChI is InChI=1S/C12H29N3Si/c1-7-14(8-2)12(6,13-11(5)16)15(9-3)10-4/h13H,5,7-10H2,1-4,6,16H3. The van der Waals surface area contributed by atoms with Gasteiger partial charge in [0.25, 0.3) is 0 Å². The first kappa shape index (κ1) is 15.7. The zero-order valence-corrected chi connectivity index (χ0v) is 13.9. The second-order valence-electron chi connectivity index (χ2n) is 4.27. The maximum Gasteiger partial charge on any atom is 0.145 e. The molecule has 0 aromatic carbocycles. The van der Waals surface area contributed by atoms with Crippen LogP contribution in [0.4, 0.5) is 0 Å². The van der Waals surface area contributed by atoms with E-state index in [1.54, 1.807) is 0 Å². The third kappa shape index (κ3) is 3.61. The molecule has 0 aliphatic heterocycles. The van der Waals surface area contributed by atoms with Gasteiger partial charge in [-0.3, -0.25) is 9.80 Å². The molecule has 0 aliphatic rings. The smallest absolute Gasteiger partial charge is 0.145 e. The Morgan fingerprint density at radius 2 is 1.38 bits per heavy atom. The lowest BCUT2D eigenvalue weighted by Gasteiger charge is -2.48. The third-order valence-electron chi connectivity index (χ3n) is 3.21. The van der Waals surface area contributed by atoms with Gasteiger partial charge in [-0.1, -0.05) is 34.3 Å². The summed E-state index contributed by atoms with van der Waals surface area (Å²) in [7, 11) is 0.993. The molecule has 0 atom stereocenters. The first-order chi connectivity index (χ1) is 7.46. The average molecular weight is 243 g/mol. The number of nitrogens with one attached hydrogen (secondary N) is 1. The van der Waals surface area contributed by atoms with Crippen molar-refractivity contribution < 1.29 is 0 Å². The van der Waals surface area contributed by atoms with Crippen LogP contribution in [0.3, 0.4) is 0 Å². The van der Waals surface area contributed by atoms with Crippen molar-refractivity contribution in [2.75, 3.05) is 26.2 Å². The molecule has 0 spiro atoms. The van der Waals surface area contributed by atoms with Crippen molar-refractivity contribution in [1.29, 1.82) is 0 Å². The van der Waals surface area contributed by atoms with Gasteiger partial charge in [0.05, 0.1) is 10.2 Å². The summed E-state index contributed by atoms with van der Waals surface area (Å²) < 4.78 is 0. The third-order valence-corrected chi connectivity index (χ3v) is 3.46. The van der Waals surface area contributed by atoms with Gasteiger partial charge in [0.2, 0.25) is 0 Å². The van der Waals surface area contributed by atoms with E-state index >= 15 is 0 Å². The molecule has 0 bridgehead atoms. The summed E-state index contributed by atoms with van der Waals surface area (Å²) in [5, 5.41) is 4.73. The Hall–Kier alpha value is -0.323. The lowest BCUT2D eigenvalue weighted by Crippen LogP contribution is -2.66. The van der Waals surface area contributed by atoms with Crippen molar-refractivity contribution in [2.24, 2.45) is 0 Å². The molecule has 0 fully saturated rings. The molecular formula is C12H29N3Si. The molecule has 16 heavy (non-hydrogen) atoms. The minimum absolute atomic E-state index is 0.0914. The lowest BCUT2D eigenvalue weighted by molar-refractivity contribution is -0.0537. The van der Waals surface area contributed by atoms with Crippen LogP contribution in [0.5, 0.6) is 0 Å². The molecule has 1 N–H and O–H groups in total. The van der Waals surface area contributed by atoms with Gasteiger partial charge in [0.1, 0.15) is 5.79 Å². The fourth-order valence-electron chi connectivity index (χ4n) is 2.44. The quantitative estimate of drug-likeness (QED) is 0.502. The molecular weight excluding hydrogens is 214 g/mol. The molecule has 0 unspecified atom stereocenters. The van der Waals surface area contributed by atoms with E-state index < -0.39 is 0 Å². The maximum atomic E-state index is 4.04. The minimum Gasteiger partial charge on any atom is -0.364 e. The Balaban J connectivity index is 5.05. The number of rotatable bonds is 8. The van der Waals surface area contributed by atoms with Crippen molar-refractivity contribution in [2.45, 2.75) is 40.4 Å². The van der Waals surface area contributed by atoms with E-state index in [2.05, 4.69) is 56.3 Å². The van der Waals surface area contributed by atoms with Crippen LogP contribution < -0.4 is 5.32 Å². The molecule has 96 valence electrons. The van der Waals surface area contributed by atoms with Crippen LogP contribution in [0.2, 0.25) is 0 Å². The molecule has 3 nitrogen and oxygen atoms in total. The lowest BCUT2D eigenvalue weighted by atomic mass is 10.2. The molecule has 0 aromatic rings. The summed E-state index contributed by atoms with van der Waals surface area (Å²) >= 11 is 0. The van der Waals surface area contributed by atoms with Gasteiger partial charge in [-0.25, -0.2) is 0 Å². The van der Waals surface area contributed by atoms with Crippen LogP contribution in [0.25, 0.3) is 0 Å². The van der Waals surface area contributed by atoms with Crippen LogP contribution in [0.15, 0.2) is 11.9 Å². The Labute approximate surface area is 104 Å². The molecule has 0 saturated heterocycles. The van der Waals surface area contributed by atoms with Crippen molar-refractivity contribution in [3.63, 3.8) is 0 Å². The van der Waals surface area contributed by atoms with Gasteiger partial charge < -0.3 is 5.32 Å². The molecule has 0 amide bonds. The second kappa shape index (κ2) is 7.09.